The van der Waals surface area contributed by atoms with E-state index < -0.39 is 26.3 Å². The molecule has 1 aromatic carbocycles. The lowest BCUT2D eigenvalue weighted by Gasteiger charge is -2.15. The Bertz CT molecular complexity index is 587. The fourth-order valence-electron chi connectivity index (χ4n) is 1.56. The van der Waals surface area contributed by atoms with Crippen LogP contribution in [0.3, 0.4) is 0 Å². The molecule has 0 bridgehead atoms. The highest BCUT2D eigenvalue weighted by molar-refractivity contribution is 7.89. The molecule has 1 aliphatic rings. The third-order valence-electron chi connectivity index (χ3n) is 2.83. The highest BCUT2D eigenvalue weighted by atomic mass is 35.5. The first-order valence-electron chi connectivity index (χ1n) is 5.19. The number of hydrogen-bond donors (Lipinski definition) is 3. The van der Waals surface area contributed by atoms with Crippen molar-refractivity contribution in [2.24, 2.45) is 0 Å². The number of nitrogens with one attached hydrogen (secondary N) is 1. The SMILES string of the molecule is Nc1cc(Cl)cc(S(=O)(=O)NC2(CO)CC2)c1F. The summed E-state index contributed by atoms with van der Waals surface area (Å²) in [4.78, 5) is -0.604. The first-order chi connectivity index (χ1) is 8.30. The number of aliphatic hydroxyl groups excluding tert-OH is 1. The quantitative estimate of drug-likeness (QED) is 0.718. The monoisotopic (exact) mass is 294 g/mol. The summed E-state index contributed by atoms with van der Waals surface area (Å²) in [5.41, 5.74) is 4.12. The van der Waals surface area contributed by atoms with E-state index in [0.29, 0.717) is 12.8 Å². The standard InChI is InChI=1S/C10H12ClFN2O3S/c11-6-3-7(13)9(12)8(4-6)18(16,17)14-10(5-15)1-2-10/h3-4,14-15H,1-2,5,13H2. The molecule has 8 heteroatoms. The van der Waals surface area contributed by atoms with Gasteiger partial charge in [-0.25, -0.2) is 17.5 Å². The van der Waals surface area contributed by atoms with Gasteiger partial charge in [0.05, 0.1) is 17.8 Å². The summed E-state index contributed by atoms with van der Waals surface area (Å²) in [5, 5.41) is 9.10. The minimum absolute atomic E-state index is 0.0307. The number of hydrogen-bond acceptors (Lipinski definition) is 4. The molecular weight excluding hydrogens is 283 g/mol. The average molecular weight is 295 g/mol. The van der Waals surface area contributed by atoms with Gasteiger partial charge in [0.15, 0.2) is 5.82 Å². The summed E-state index contributed by atoms with van der Waals surface area (Å²) in [5.74, 6) is -1.04. The second-order valence-corrected chi connectivity index (χ2v) is 6.44. The second kappa shape index (κ2) is 4.34. The summed E-state index contributed by atoms with van der Waals surface area (Å²) in [6.45, 7) is -0.329. The Labute approximate surface area is 109 Å². The van der Waals surface area contributed by atoms with Gasteiger partial charge in [-0.3, -0.25) is 0 Å². The zero-order valence-corrected chi connectivity index (χ0v) is 10.9. The van der Waals surface area contributed by atoms with E-state index in [2.05, 4.69) is 4.72 Å². The van der Waals surface area contributed by atoms with Gasteiger partial charge in [0.2, 0.25) is 10.0 Å². The Hall–Kier alpha value is -0.890. The van der Waals surface area contributed by atoms with Crippen LogP contribution in [0.4, 0.5) is 10.1 Å². The molecule has 0 atom stereocenters. The first kappa shape index (κ1) is 13.5. The Morgan fingerprint density at radius 3 is 2.61 bits per heavy atom. The summed E-state index contributed by atoms with van der Waals surface area (Å²) in [6.07, 6.45) is 1.03. The van der Waals surface area contributed by atoms with Crippen LogP contribution in [0.5, 0.6) is 0 Å². The number of nitrogens with two attached hydrogens (primary N) is 1. The topological polar surface area (TPSA) is 92.4 Å². The number of nitrogen functional groups attached to an aromatic ring is 1. The molecule has 0 heterocycles. The van der Waals surface area contributed by atoms with Crippen LogP contribution in [0.25, 0.3) is 0 Å². The van der Waals surface area contributed by atoms with Gasteiger partial charge in [0, 0.05) is 5.02 Å². The number of anilines is 1. The average Bonchev–Trinajstić information content (AvgIpc) is 3.03. The highest BCUT2D eigenvalue weighted by Gasteiger charge is 2.46. The van der Waals surface area contributed by atoms with E-state index in [1.807, 2.05) is 0 Å². The van der Waals surface area contributed by atoms with E-state index in [-0.39, 0.29) is 17.3 Å². The van der Waals surface area contributed by atoms with Gasteiger partial charge in [0.1, 0.15) is 4.90 Å². The van der Waals surface area contributed by atoms with Crippen molar-refractivity contribution in [2.45, 2.75) is 23.3 Å². The third-order valence-corrected chi connectivity index (χ3v) is 4.62. The van der Waals surface area contributed by atoms with Crippen molar-refractivity contribution >= 4 is 27.3 Å². The molecule has 2 rings (SSSR count). The Morgan fingerprint density at radius 1 is 1.50 bits per heavy atom. The van der Waals surface area contributed by atoms with Gasteiger partial charge in [-0.2, -0.15) is 0 Å². The van der Waals surface area contributed by atoms with E-state index in [1.165, 1.54) is 0 Å². The van der Waals surface area contributed by atoms with Crippen LogP contribution in [0.15, 0.2) is 17.0 Å². The van der Waals surface area contributed by atoms with Crippen LogP contribution in [0.2, 0.25) is 5.02 Å². The maximum absolute atomic E-state index is 13.7. The molecule has 0 aliphatic heterocycles. The fourth-order valence-corrected chi connectivity index (χ4v) is 3.44. The summed E-state index contributed by atoms with van der Waals surface area (Å²) < 4.78 is 40.0. The van der Waals surface area contributed by atoms with Gasteiger partial charge in [-0.15, -0.1) is 0 Å². The molecule has 4 N–H and O–H groups in total. The minimum atomic E-state index is -4.09. The molecular formula is C10H12ClFN2O3S. The molecule has 0 saturated heterocycles. The number of halogens is 2. The zero-order valence-electron chi connectivity index (χ0n) is 9.28. The van der Waals surface area contributed by atoms with E-state index in [0.717, 1.165) is 12.1 Å². The van der Waals surface area contributed by atoms with Gasteiger partial charge < -0.3 is 10.8 Å². The number of rotatable bonds is 4. The Balaban J connectivity index is 2.42. The van der Waals surface area contributed by atoms with Crippen LogP contribution in [-0.2, 0) is 10.0 Å². The molecule has 0 amide bonds. The zero-order chi connectivity index (χ0) is 13.6. The van der Waals surface area contributed by atoms with E-state index in [4.69, 9.17) is 22.4 Å². The Morgan fingerprint density at radius 2 is 2.11 bits per heavy atom. The van der Waals surface area contributed by atoms with Crippen molar-refractivity contribution in [1.29, 1.82) is 0 Å². The molecule has 0 unspecified atom stereocenters. The fraction of sp³-hybridized carbons (Fsp3) is 0.400. The maximum Gasteiger partial charge on any atom is 0.244 e. The predicted octanol–water partition coefficient (Wildman–Crippen LogP) is 0.865. The molecule has 0 spiro atoms. The van der Waals surface area contributed by atoms with Crippen LogP contribution in [0, 0.1) is 5.82 Å². The van der Waals surface area contributed by atoms with Crippen molar-refractivity contribution in [1.82, 2.24) is 4.72 Å². The van der Waals surface area contributed by atoms with Crippen molar-refractivity contribution in [3.05, 3.63) is 23.0 Å². The minimum Gasteiger partial charge on any atom is -0.396 e. The smallest absolute Gasteiger partial charge is 0.244 e. The van der Waals surface area contributed by atoms with Crippen LogP contribution in [-0.4, -0.2) is 25.7 Å². The van der Waals surface area contributed by atoms with Gasteiger partial charge in [-0.05, 0) is 25.0 Å². The molecule has 1 aromatic rings. The number of sulfonamides is 1. The molecule has 100 valence electrons. The van der Waals surface area contributed by atoms with Crippen LogP contribution in [0.1, 0.15) is 12.8 Å². The van der Waals surface area contributed by atoms with E-state index in [1.54, 1.807) is 0 Å². The van der Waals surface area contributed by atoms with Crippen LogP contribution >= 0.6 is 11.6 Å². The molecule has 1 aliphatic carbocycles. The molecule has 1 saturated carbocycles. The lowest BCUT2D eigenvalue weighted by molar-refractivity contribution is 0.246. The molecule has 0 aromatic heterocycles. The Kier molecular flexibility index (Phi) is 3.26. The molecule has 0 radical (unpaired) electrons. The number of benzene rings is 1. The third kappa shape index (κ3) is 2.44. The van der Waals surface area contributed by atoms with E-state index >= 15 is 0 Å². The molecule has 1 fully saturated rings. The highest BCUT2D eigenvalue weighted by Crippen LogP contribution is 2.37. The van der Waals surface area contributed by atoms with Gasteiger partial charge in [-0.1, -0.05) is 11.6 Å². The predicted molar refractivity (Wildman–Crippen MR) is 65.2 cm³/mol. The van der Waals surface area contributed by atoms with Gasteiger partial charge >= 0.3 is 0 Å². The molecule has 18 heavy (non-hydrogen) atoms. The summed E-state index contributed by atoms with van der Waals surface area (Å²) >= 11 is 5.66. The summed E-state index contributed by atoms with van der Waals surface area (Å²) in [6, 6.07) is 2.12. The molecule has 5 nitrogen and oxygen atoms in total. The van der Waals surface area contributed by atoms with Crippen molar-refractivity contribution < 1.29 is 17.9 Å². The maximum atomic E-state index is 13.7. The normalized spacial score (nSPS) is 17.7. The van der Waals surface area contributed by atoms with Crippen molar-refractivity contribution in [3.8, 4) is 0 Å². The number of aliphatic hydroxyl groups is 1. The van der Waals surface area contributed by atoms with Gasteiger partial charge in [0.25, 0.3) is 0 Å². The van der Waals surface area contributed by atoms with E-state index in [9.17, 15) is 12.8 Å². The van der Waals surface area contributed by atoms with Crippen molar-refractivity contribution in [2.75, 3.05) is 12.3 Å². The lowest BCUT2D eigenvalue weighted by atomic mass is 10.3. The second-order valence-electron chi connectivity index (χ2n) is 4.35. The first-order valence-corrected chi connectivity index (χ1v) is 7.05. The van der Waals surface area contributed by atoms with Crippen molar-refractivity contribution in [3.63, 3.8) is 0 Å². The largest absolute Gasteiger partial charge is 0.396 e. The summed E-state index contributed by atoms with van der Waals surface area (Å²) in [7, 11) is -4.09. The lowest BCUT2D eigenvalue weighted by Crippen LogP contribution is -2.39. The van der Waals surface area contributed by atoms with Crippen LogP contribution < -0.4 is 10.5 Å².